The SMILES string of the molecule is COC1(OC)CC[C@@]2(C)C(=CCC3C2CC[C@@]2(C)C3CC[C@@]23CO3)C1. The Morgan fingerprint density at radius 1 is 1.00 bits per heavy atom. The highest BCUT2D eigenvalue weighted by Crippen LogP contribution is 2.70. The molecule has 0 N–H and O–H groups in total. The van der Waals surface area contributed by atoms with Gasteiger partial charge < -0.3 is 14.2 Å². The molecule has 0 aromatic rings. The Kier molecular flexibility index (Phi) is 3.43. The zero-order valence-corrected chi connectivity index (χ0v) is 16.4. The molecule has 140 valence electrons. The van der Waals surface area contributed by atoms with Gasteiger partial charge in [0.05, 0.1) is 12.2 Å². The standard InChI is InChI=1S/C22H34O3/c1-19-11-12-22(23-3,24-4)13-15(19)5-6-16-17(19)7-9-20(2)18(16)8-10-21(20)14-25-21/h5,16-18H,6-14H2,1-4H3/t16?,17?,18?,19-,20-,21+/m0/s1. The molecular formula is C22H34O3. The molecule has 0 bridgehead atoms. The van der Waals surface area contributed by atoms with Crippen LogP contribution < -0.4 is 0 Å². The number of epoxide rings is 1. The van der Waals surface area contributed by atoms with Crippen molar-refractivity contribution in [3.8, 4) is 0 Å². The average Bonchev–Trinajstić information content (AvgIpc) is 3.35. The van der Waals surface area contributed by atoms with Crippen molar-refractivity contribution < 1.29 is 14.2 Å². The number of rotatable bonds is 2. The van der Waals surface area contributed by atoms with Crippen LogP contribution in [0.2, 0.25) is 0 Å². The first-order valence-corrected chi connectivity index (χ1v) is 10.4. The molecule has 0 radical (unpaired) electrons. The van der Waals surface area contributed by atoms with Gasteiger partial charge in [0.2, 0.25) is 0 Å². The topological polar surface area (TPSA) is 31.0 Å². The predicted molar refractivity (Wildman–Crippen MR) is 97.1 cm³/mol. The second kappa shape index (κ2) is 5.11. The number of hydrogen-bond acceptors (Lipinski definition) is 3. The Hall–Kier alpha value is -0.380. The van der Waals surface area contributed by atoms with E-state index in [1.807, 2.05) is 0 Å². The molecule has 5 rings (SSSR count). The van der Waals surface area contributed by atoms with Gasteiger partial charge in [0.15, 0.2) is 5.79 Å². The fourth-order valence-corrected chi connectivity index (χ4v) is 7.69. The summed E-state index contributed by atoms with van der Waals surface area (Å²) >= 11 is 0. The van der Waals surface area contributed by atoms with E-state index < -0.39 is 0 Å². The van der Waals surface area contributed by atoms with E-state index in [2.05, 4.69) is 19.9 Å². The monoisotopic (exact) mass is 346 g/mol. The second-order valence-electron chi connectivity index (χ2n) is 10.0. The quantitative estimate of drug-likeness (QED) is 0.412. The maximum absolute atomic E-state index is 6.05. The summed E-state index contributed by atoms with van der Waals surface area (Å²) in [5.74, 6) is 2.17. The van der Waals surface area contributed by atoms with Gasteiger partial charge in [-0.25, -0.2) is 0 Å². The first-order chi connectivity index (χ1) is 11.9. The van der Waals surface area contributed by atoms with Crippen molar-refractivity contribution in [2.45, 2.75) is 76.6 Å². The average molecular weight is 347 g/mol. The fourth-order valence-electron chi connectivity index (χ4n) is 7.69. The van der Waals surface area contributed by atoms with Crippen molar-refractivity contribution in [3.05, 3.63) is 11.6 Å². The van der Waals surface area contributed by atoms with Crippen LogP contribution in [0, 0.1) is 28.6 Å². The predicted octanol–water partition coefficient (Wildman–Crippen LogP) is 4.71. The van der Waals surface area contributed by atoms with Gasteiger partial charge in [-0.15, -0.1) is 0 Å². The van der Waals surface area contributed by atoms with Crippen molar-refractivity contribution in [3.63, 3.8) is 0 Å². The smallest absolute Gasteiger partial charge is 0.171 e. The van der Waals surface area contributed by atoms with E-state index in [1.165, 1.54) is 38.5 Å². The van der Waals surface area contributed by atoms with Gasteiger partial charge >= 0.3 is 0 Å². The summed E-state index contributed by atoms with van der Waals surface area (Å²) in [5, 5.41) is 0. The van der Waals surface area contributed by atoms with E-state index >= 15 is 0 Å². The molecule has 3 saturated carbocycles. The molecule has 6 atom stereocenters. The van der Waals surface area contributed by atoms with Crippen LogP contribution in [0.25, 0.3) is 0 Å². The highest BCUT2D eigenvalue weighted by Gasteiger charge is 2.69. The van der Waals surface area contributed by atoms with Crippen LogP contribution in [0.5, 0.6) is 0 Å². The summed E-state index contributed by atoms with van der Waals surface area (Å²) in [7, 11) is 3.61. The molecule has 4 fully saturated rings. The van der Waals surface area contributed by atoms with Crippen LogP contribution in [0.4, 0.5) is 0 Å². The van der Waals surface area contributed by atoms with Crippen LogP contribution in [0.1, 0.15) is 65.2 Å². The maximum atomic E-state index is 6.05. The summed E-state index contributed by atoms with van der Waals surface area (Å²) < 4.78 is 17.6. The van der Waals surface area contributed by atoms with Crippen LogP contribution in [-0.4, -0.2) is 32.2 Å². The van der Waals surface area contributed by atoms with Crippen LogP contribution in [0.15, 0.2) is 11.6 Å². The van der Waals surface area contributed by atoms with Crippen LogP contribution in [-0.2, 0) is 14.2 Å². The van der Waals surface area contributed by atoms with Gasteiger partial charge in [-0.05, 0) is 61.7 Å². The zero-order valence-electron chi connectivity index (χ0n) is 16.4. The van der Waals surface area contributed by atoms with Crippen LogP contribution in [0.3, 0.4) is 0 Å². The van der Waals surface area contributed by atoms with Crippen molar-refractivity contribution in [1.82, 2.24) is 0 Å². The Labute approximate surface area is 152 Å². The molecule has 3 heteroatoms. The molecule has 1 heterocycles. The molecule has 3 nitrogen and oxygen atoms in total. The Balaban J connectivity index is 1.47. The van der Waals surface area contributed by atoms with Crippen molar-refractivity contribution >= 4 is 0 Å². The van der Waals surface area contributed by atoms with E-state index in [9.17, 15) is 0 Å². The number of hydrogen-bond donors (Lipinski definition) is 0. The van der Waals surface area contributed by atoms with Gasteiger partial charge in [-0.3, -0.25) is 0 Å². The molecule has 0 amide bonds. The summed E-state index contributed by atoms with van der Waals surface area (Å²) in [6.45, 7) is 6.13. The number of fused-ring (bicyclic) bond motifs is 6. The third kappa shape index (κ3) is 1.98. The molecule has 0 aromatic heterocycles. The third-order valence-corrected chi connectivity index (χ3v) is 9.64. The second-order valence-corrected chi connectivity index (χ2v) is 10.0. The zero-order chi connectivity index (χ0) is 17.5. The maximum Gasteiger partial charge on any atom is 0.171 e. The lowest BCUT2D eigenvalue weighted by atomic mass is 9.47. The fraction of sp³-hybridized carbons (Fsp3) is 0.909. The Morgan fingerprint density at radius 3 is 2.40 bits per heavy atom. The van der Waals surface area contributed by atoms with Crippen LogP contribution >= 0.6 is 0 Å². The lowest BCUT2D eigenvalue weighted by molar-refractivity contribution is -0.227. The summed E-state index contributed by atoms with van der Waals surface area (Å²) in [6.07, 6.45) is 12.4. The summed E-state index contributed by atoms with van der Waals surface area (Å²) in [6, 6.07) is 0. The molecule has 0 aromatic carbocycles. The Morgan fingerprint density at radius 2 is 1.72 bits per heavy atom. The number of allylic oxidation sites excluding steroid dienone is 1. The van der Waals surface area contributed by atoms with E-state index in [4.69, 9.17) is 14.2 Å². The number of ether oxygens (including phenoxy) is 3. The van der Waals surface area contributed by atoms with Crippen molar-refractivity contribution in [1.29, 1.82) is 0 Å². The first-order valence-electron chi connectivity index (χ1n) is 10.4. The minimum Gasteiger partial charge on any atom is -0.369 e. The Bertz CT molecular complexity index is 602. The first kappa shape index (κ1) is 16.8. The van der Waals surface area contributed by atoms with Gasteiger partial charge in [0.1, 0.15) is 0 Å². The van der Waals surface area contributed by atoms with Gasteiger partial charge in [0.25, 0.3) is 0 Å². The van der Waals surface area contributed by atoms with E-state index in [1.54, 1.807) is 19.8 Å². The lowest BCUT2D eigenvalue weighted by Gasteiger charge is -2.59. The minimum atomic E-state index is -0.388. The van der Waals surface area contributed by atoms with Gasteiger partial charge in [-0.1, -0.05) is 25.5 Å². The normalized spacial score (nSPS) is 53.0. The molecule has 25 heavy (non-hydrogen) atoms. The van der Waals surface area contributed by atoms with Crippen molar-refractivity contribution in [2.75, 3.05) is 20.8 Å². The van der Waals surface area contributed by atoms with E-state index in [0.717, 1.165) is 37.2 Å². The highest BCUT2D eigenvalue weighted by atomic mass is 16.7. The molecule has 4 aliphatic carbocycles. The third-order valence-electron chi connectivity index (χ3n) is 9.64. The van der Waals surface area contributed by atoms with Gasteiger partial charge in [0, 0.05) is 32.5 Å². The number of methoxy groups -OCH3 is 2. The van der Waals surface area contributed by atoms with Gasteiger partial charge in [-0.2, -0.15) is 0 Å². The largest absolute Gasteiger partial charge is 0.369 e. The van der Waals surface area contributed by atoms with Crippen molar-refractivity contribution in [2.24, 2.45) is 28.6 Å². The lowest BCUT2D eigenvalue weighted by Crippen LogP contribution is -2.53. The molecule has 1 saturated heterocycles. The van der Waals surface area contributed by atoms with E-state index in [-0.39, 0.29) is 11.4 Å². The summed E-state index contributed by atoms with van der Waals surface area (Å²) in [4.78, 5) is 0. The molecule has 1 aliphatic heterocycles. The van der Waals surface area contributed by atoms with E-state index in [0.29, 0.717) is 10.8 Å². The molecule has 5 aliphatic rings. The minimum absolute atomic E-state index is 0.265. The highest BCUT2D eigenvalue weighted by molar-refractivity contribution is 5.28. The molecular weight excluding hydrogens is 312 g/mol. The summed E-state index contributed by atoms with van der Waals surface area (Å²) in [5.41, 5.74) is 2.67. The molecule has 3 unspecified atom stereocenters. The molecule has 1 spiro atoms.